The molecular formula is C20H20N4O6. The molecule has 0 fully saturated rings. The second kappa shape index (κ2) is 9.82. The highest BCUT2D eigenvalue weighted by atomic mass is 16.5. The van der Waals surface area contributed by atoms with Crippen molar-refractivity contribution in [2.75, 3.05) is 12.4 Å². The number of ether oxygens (including phenoxy) is 1. The second-order valence-corrected chi connectivity index (χ2v) is 6.17. The maximum Gasteiger partial charge on any atom is 0.328 e. The van der Waals surface area contributed by atoms with Gasteiger partial charge >= 0.3 is 11.9 Å². The maximum atomic E-state index is 12.4. The summed E-state index contributed by atoms with van der Waals surface area (Å²) in [5.41, 5.74) is 6.61. The zero-order valence-electron chi connectivity index (χ0n) is 16.0. The monoisotopic (exact) mass is 412 g/mol. The van der Waals surface area contributed by atoms with Gasteiger partial charge < -0.3 is 26.2 Å². The van der Waals surface area contributed by atoms with Gasteiger partial charge in [0.15, 0.2) is 0 Å². The number of nitrogen functional groups attached to an aromatic ring is 1. The third-order valence-electron chi connectivity index (χ3n) is 4.01. The third-order valence-corrected chi connectivity index (χ3v) is 4.01. The molecule has 0 saturated heterocycles. The number of anilines is 1. The molecule has 10 heteroatoms. The molecule has 6 N–H and O–H groups in total. The lowest BCUT2D eigenvalue weighted by atomic mass is 10.1. The number of methoxy groups -OCH3 is 1. The molecule has 0 radical (unpaired) electrons. The lowest BCUT2D eigenvalue weighted by Crippen LogP contribution is -2.42. The molecular weight excluding hydrogens is 392 g/mol. The summed E-state index contributed by atoms with van der Waals surface area (Å²) in [4.78, 5) is 47.4. The van der Waals surface area contributed by atoms with Crippen LogP contribution in [-0.4, -0.2) is 47.8 Å². The number of aliphatic carboxylic acids is 1. The van der Waals surface area contributed by atoms with Gasteiger partial charge in [0, 0.05) is 22.4 Å². The number of hydrogen-bond acceptors (Lipinski definition) is 6. The van der Waals surface area contributed by atoms with Gasteiger partial charge in [-0.2, -0.15) is 0 Å². The van der Waals surface area contributed by atoms with Gasteiger partial charge in [0.1, 0.15) is 11.9 Å². The van der Waals surface area contributed by atoms with Gasteiger partial charge in [-0.25, -0.2) is 4.79 Å². The second-order valence-electron chi connectivity index (χ2n) is 6.17. The fourth-order valence-corrected chi connectivity index (χ4v) is 2.49. The largest absolute Gasteiger partial charge is 0.481 e. The molecule has 0 saturated carbocycles. The Morgan fingerprint density at radius 3 is 2.23 bits per heavy atom. The molecule has 0 bridgehead atoms. The maximum absolute atomic E-state index is 12.4. The summed E-state index contributed by atoms with van der Waals surface area (Å²) in [5, 5.41) is 21.2. The Morgan fingerprint density at radius 1 is 1.03 bits per heavy atom. The summed E-state index contributed by atoms with van der Waals surface area (Å²) in [6, 6.07) is 10.7. The van der Waals surface area contributed by atoms with Gasteiger partial charge in [-0.05, 0) is 30.3 Å². The number of nitrogens with two attached hydrogens (primary N) is 1. The van der Waals surface area contributed by atoms with Crippen LogP contribution in [0.4, 0.5) is 5.69 Å². The van der Waals surface area contributed by atoms with E-state index in [2.05, 4.69) is 15.4 Å². The van der Waals surface area contributed by atoms with E-state index in [1.54, 1.807) is 6.07 Å². The quantitative estimate of drug-likeness (QED) is 0.244. The van der Waals surface area contributed by atoms with Crippen molar-refractivity contribution >= 4 is 35.3 Å². The van der Waals surface area contributed by atoms with Gasteiger partial charge in [0.05, 0.1) is 13.5 Å². The third kappa shape index (κ3) is 5.89. The number of carboxylic acids is 1. The molecule has 10 nitrogen and oxygen atoms in total. The topological polar surface area (TPSA) is 172 Å². The standard InChI is InChI=1S/C20H20N4O6/c1-30-20(29)15(10-16(25)26)24-19(28)13-3-2-4-14(9-13)23-18(27)12-7-5-11(6-8-12)17(21)22/h2-9,15H,10H2,1H3,(H3,21,22)(H,23,27)(H,24,28)(H,25,26). The van der Waals surface area contributed by atoms with Crippen molar-refractivity contribution in [2.45, 2.75) is 12.5 Å². The summed E-state index contributed by atoms with van der Waals surface area (Å²) in [6.45, 7) is 0. The van der Waals surface area contributed by atoms with Crippen LogP contribution in [0, 0.1) is 5.41 Å². The number of hydrogen-bond donors (Lipinski definition) is 5. The number of amidine groups is 1. The SMILES string of the molecule is COC(=O)C(CC(=O)O)NC(=O)c1cccc(NC(=O)c2ccc(C(=N)N)cc2)c1. The molecule has 156 valence electrons. The summed E-state index contributed by atoms with van der Waals surface area (Å²) in [7, 11) is 1.09. The Bertz CT molecular complexity index is 987. The van der Waals surface area contributed by atoms with Crippen LogP contribution in [0.1, 0.15) is 32.7 Å². The van der Waals surface area contributed by atoms with E-state index in [0.717, 1.165) is 7.11 Å². The van der Waals surface area contributed by atoms with Crippen molar-refractivity contribution in [3.05, 3.63) is 65.2 Å². The van der Waals surface area contributed by atoms with E-state index in [1.165, 1.54) is 42.5 Å². The highest BCUT2D eigenvalue weighted by Gasteiger charge is 2.25. The molecule has 2 aromatic carbocycles. The van der Waals surface area contributed by atoms with Gasteiger partial charge in [-0.3, -0.25) is 19.8 Å². The Balaban J connectivity index is 2.11. The van der Waals surface area contributed by atoms with Gasteiger partial charge in [0.25, 0.3) is 11.8 Å². The van der Waals surface area contributed by atoms with E-state index >= 15 is 0 Å². The van der Waals surface area contributed by atoms with Crippen molar-refractivity contribution in [1.29, 1.82) is 5.41 Å². The molecule has 1 unspecified atom stereocenters. The molecule has 0 heterocycles. The fourth-order valence-electron chi connectivity index (χ4n) is 2.49. The zero-order valence-corrected chi connectivity index (χ0v) is 16.0. The van der Waals surface area contributed by atoms with Crippen molar-refractivity contribution in [2.24, 2.45) is 5.73 Å². The average Bonchev–Trinajstić information content (AvgIpc) is 2.72. The molecule has 0 aromatic heterocycles. The number of carboxylic acid groups (broad SMARTS) is 1. The minimum absolute atomic E-state index is 0.110. The van der Waals surface area contributed by atoms with E-state index in [9.17, 15) is 19.2 Å². The first-order chi connectivity index (χ1) is 14.2. The average molecular weight is 412 g/mol. The van der Waals surface area contributed by atoms with Crippen molar-refractivity contribution in [3.63, 3.8) is 0 Å². The molecule has 0 aliphatic rings. The zero-order chi connectivity index (χ0) is 22.3. The minimum atomic E-state index is -1.35. The first-order valence-corrected chi connectivity index (χ1v) is 8.67. The van der Waals surface area contributed by atoms with E-state index in [1.807, 2.05) is 0 Å². The normalized spacial score (nSPS) is 11.1. The van der Waals surface area contributed by atoms with Crippen LogP contribution >= 0.6 is 0 Å². The van der Waals surface area contributed by atoms with Crippen LogP contribution in [0.3, 0.4) is 0 Å². The van der Waals surface area contributed by atoms with Gasteiger partial charge in [-0.15, -0.1) is 0 Å². The molecule has 2 aromatic rings. The first kappa shape index (κ1) is 22.1. The van der Waals surface area contributed by atoms with Gasteiger partial charge in [0.2, 0.25) is 0 Å². The fraction of sp³-hybridized carbons (Fsp3) is 0.150. The van der Waals surface area contributed by atoms with E-state index in [-0.39, 0.29) is 11.4 Å². The summed E-state index contributed by atoms with van der Waals surface area (Å²) in [5.74, 6) is -3.42. The predicted molar refractivity (Wildman–Crippen MR) is 107 cm³/mol. The minimum Gasteiger partial charge on any atom is -0.481 e. The van der Waals surface area contributed by atoms with Crippen LogP contribution in [0.15, 0.2) is 48.5 Å². The molecule has 2 rings (SSSR count). The molecule has 2 amide bonds. The number of rotatable bonds is 8. The molecule has 0 aliphatic heterocycles. The van der Waals surface area contributed by atoms with Crippen molar-refractivity contribution in [1.82, 2.24) is 5.32 Å². The highest BCUT2D eigenvalue weighted by Crippen LogP contribution is 2.14. The van der Waals surface area contributed by atoms with Crippen LogP contribution < -0.4 is 16.4 Å². The molecule has 0 aliphatic carbocycles. The molecule has 30 heavy (non-hydrogen) atoms. The van der Waals surface area contributed by atoms with Crippen LogP contribution in [-0.2, 0) is 14.3 Å². The van der Waals surface area contributed by atoms with Gasteiger partial charge in [-0.1, -0.05) is 18.2 Å². The van der Waals surface area contributed by atoms with E-state index in [0.29, 0.717) is 16.8 Å². The number of nitrogens with one attached hydrogen (secondary N) is 3. The Hall–Kier alpha value is -4.21. The lowest BCUT2D eigenvalue weighted by Gasteiger charge is -2.15. The smallest absolute Gasteiger partial charge is 0.328 e. The summed E-state index contributed by atoms with van der Waals surface area (Å²) in [6.07, 6.45) is -0.634. The first-order valence-electron chi connectivity index (χ1n) is 8.67. The number of carbonyl (C=O) groups excluding carboxylic acids is 3. The van der Waals surface area contributed by atoms with E-state index < -0.39 is 36.2 Å². The Kier molecular flexibility index (Phi) is 7.23. The van der Waals surface area contributed by atoms with Crippen LogP contribution in [0.2, 0.25) is 0 Å². The number of amides is 2. The number of esters is 1. The van der Waals surface area contributed by atoms with Crippen molar-refractivity contribution in [3.8, 4) is 0 Å². The van der Waals surface area contributed by atoms with Crippen LogP contribution in [0.25, 0.3) is 0 Å². The summed E-state index contributed by atoms with van der Waals surface area (Å²) >= 11 is 0. The van der Waals surface area contributed by atoms with Crippen LogP contribution in [0.5, 0.6) is 0 Å². The summed E-state index contributed by atoms with van der Waals surface area (Å²) < 4.78 is 4.50. The van der Waals surface area contributed by atoms with Crippen molar-refractivity contribution < 1.29 is 29.0 Å². The molecule has 0 spiro atoms. The Labute approximate surface area is 171 Å². The molecule has 1 atom stereocenters. The number of carbonyl (C=O) groups is 4. The van der Waals surface area contributed by atoms with E-state index in [4.69, 9.17) is 16.2 Å². The lowest BCUT2D eigenvalue weighted by molar-refractivity contribution is -0.147. The predicted octanol–water partition coefficient (Wildman–Crippen LogP) is 0.969. The number of benzene rings is 2. The Morgan fingerprint density at radius 2 is 1.67 bits per heavy atom. The highest BCUT2D eigenvalue weighted by molar-refractivity contribution is 6.06.